The Hall–Kier alpha value is -2.43. The lowest BCUT2D eigenvalue weighted by molar-refractivity contribution is 0.141. The van der Waals surface area contributed by atoms with Crippen LogP contribution in [0, 0.1) is 0 Å². The molecule has 0 unspecified atom stereocenters. The molecule has 0 amide bonds. The highest BCUT2D eigenvalue weighted by atomic mass is 16.3. The molecule has 28 heavy (non-hydrogen) atoms. The molecule has 0 radical (unpaired) electrons. The monoisotopic (exact) mass is 375 g/mol. The molecule has 4 rings (SSSR count). The zero-order valence-electron chi connectivity index (χ0n) is 16.4. The molecular formula is C24H29N3O. The van der Waals surface area contributed by atoms with Crippen LogP contribution in [0.2, 0.25) is 0 Å². The van der Waals surface area contributed by atoms with Crippen molar-refractivity contribution < 1.29 is 5.11 Å². The summed E-state index contributed by atoms with van der Waals surface area (Å²) in [6, 6.07) is 21.6. The Balaban J connectivity index is 1.42. The number of hydrogen-bond donors (Lipinski definition) is 1. The van der Waals surface area contributed by atoms with E-state index in [1.54, 1.807) is 0 Å². The number of fused-ring (bicyclic) bond motifs is 1. The predicted octanol–water partition coefficient (Wildman–Crippen LogP) is 3.74. The number of aliphatic hydroxyl groups excluding tert-OH is 1. The van der Waals surface area contributed by atoms with Crippen LogP contribution in [0.4, 0.5) is 5.69 Å². The number of aromatic nitrogens is 1. The van der Waals surface area contributed by atoms with Gasteiger partial charge in [-0.3, -0.25) is 9.88 Å². The summed E-state index contributed by atoms with van der Waals surface area (Å²) in [6.07, 6.45) is 5.00. The van der Waals surface area contributed by atoms with E-state index in [0.29, 0.717) is 6.04 Å². The molecule has 3 aromatic rings. The molecule has 0 saturated carbocycles. The van der Waals surface area contributed by atoms with E-state index < -0.39 is 0 Å². The van der Waals surface area contributed by atoms with Crippen LogP contribution in [0.1, 0.15) is 18.4 Å². The van der Waals surface area contributed by atoms with Crippen LogP contribution in [0.5, 0.6) is 0 Å². The summed E-state index contributed by atoms with van der Waals surface area (Å²) in [5, 5.41) is 10.8. The van der Waals surface area contributed by atoms with Gasteiger partial charge in [-0.1, -0.05) is 48.5 Å². The Bertz CT molecular complexity index is 878. The first-order valence-corrected chi connectivity index (χ1v) is 10.3. The number of nitrogens with zero attached hydrogens (tertiary/aromatic N) is 3. The Morgan fingerprint density at radius 3 is 2.64 bits per heavy atom. The van der Waals surface area contributed by atoms with Gasteiger partial charge in [0.25, 0.3) is 0 Å². The van der Waals surface area contributed by atoms with E-state index in [4.69, 9.17) is 0 Å². The Kier molecular flexibility index (Phi) is 6.20. The van der Waals surface area contributed by atoms with Gasteiger partial charge in [-0.25, -0.2) is 0 Å². The first kappa shape index (κ1) is 18.9. The average Bonchev–Trinajstić information content (AvgIpc) is 2.75. The van der Waals surface area contributed by atoms with E-state index in [9.17, 15) is 5.11 Å². The van der Waals surface area contributed by atoms with Crippen molar-refractivity contribution in [2.24, 2.45) is 0 Å². The van der Waals surface area contributed by atoms with Gasteiger partial charge in [0.05, 0.1) is 5.52 Å². The number of aliphatic hydroxyl groups is 1. The molecule has 1 saturated heterocycles. The molecule has 1 aromatic heterocycles. The standard InChI is InChI=1S/C24H29N3O/c28-18-13-21-19-27(24-12-14-25-23-11-5-4-10-22(23)24)17-16-26(21)15-6-9-20-7-2-1-3-8-20/h1-5,7-8,10-12,14,21,28H,6,9,13,15-19H2/t21-/m1/s1. The highest BCUT2D eigenvalue weighted by Gasteiger charge is 2.27. The number of para-hydroxylation sites is 1. The van der Waals surface area contributed by atoms with Gasteiger partial charge in [0, 0.05) is 49.6 Å². The second-order valence-electron chi connectivity index (χ2n) is 7.58. The normalized spacial score (nSPS) is 17.9. The number of pyridine rings is 1. The van der Waals surface area contributed by atoms with Crippen molar-refractivity contribution >= 4 is 16.6 Å². The third kappa shape index (κ3) is 4.34. The fourth-order valence-corrected chi connectivity index (χ4v) is 4.32. The van der Waals surface area contributed by atoms with E-state index in [-0.39, 0.29) is 6.61 Å². The first-order valence-electron chi connectivity index (χ1n) is 10.3. The van der Waals surface area contributed by atoms with Gasteiger partial charge in [0.2, 0.25) is 0 Å². The number of benzene rings is 2. The molecule has 4 nitrogen and oxygen atoms in total. The summed E-state index contributed by atoms with van der Waals surface area (Å²) in [6.45, 7) is 4.34. The van der Waals surface area contributed by atoms with Crippen LogP contribution in [-0.4, -0.2) is 53.8 Å². The molecule has 0 aliphatic carbocycles. The van der Waals surface area contributed by atoms with E-state index in [1.807, 2.05) is 12.3 Å². The fourth-order valence-electron chi connectivity index (χ4n) is 4.32. The quantitative estimate of drug-likeness (QED) is 0.683. The molecular weight excluding hydrogens is 346 g/mol. The molecule has 1 aliphatic rings. The maximum atomic E-state index is 9.61. The van der Waals surface area contributed by atoms with Crippen molar-refractivity contribution in [1.29, 1.82) is 0 Å². The van der Waals surface area contributed by atoms with Crippen LogP contribution in [0.25, 0.3) is 10.9 Å². The highest BCUT2D eigenvalue weighted by Crippen LogP contribution is 2.28. The van der Waals surface area contributed by atoms with E-state index in [0.717, 1.165) is 51.0 Å². The zero-order chi connectivity index (χ0) is 19.2. The summed E-state index contributed by atoms with van der Waals surface area (Å²) < 4.78 is 0. The van der Waals surface area contributed by atoms with Gasteiger partial charge in [0.1, 0.15) is 0 Å². The molecule has 2 heterocycles. The fraction of sp³-hybridized carbons (Fsp3) is 0.375. The minimum Gasteiger partial charge on any atom is -0.396 e. The predicted molar refractivity (Wildman–Crippen MR) is 116 cm³/mol. The molecule has 1 fully saturated rings. The SMILES string of the molecule is OCC[C@@H]1CN(c2ccnc3ccccc23)CCN1CCCc1ccccc1. The molecule has 2 aromatic carbocycles. The van der Waals surface area contributed by atoms with Gasteiger partial charge in [-0.2, -0.15) is 0 Å². The second-order valence-corrected chi connectivity index (χ2v) is 7.58. The van der Waals surface area contributed by atoms with Crippen LogP contribution in [0.3, 0.4) is 0 Å². The summed E-state index contributed by atoms with van der Waals surface area (Å²) in [4.78, 5) is 9.54. The van der Waals surface area contributed by atoms with Crippen molar-refractivity contribution in [3.05, 3.63) is 72.4 Å². The van der Waals surface area contributed by atoms with E-state index >= 15 is 0 Å². The molecule has 146 valence electrons. The maximum absolute atomic E-state index is 9.61. The van der Waals surface area contributed by atoms with Crippen molar-refractivity contribution in [3.63, 3.8) is 0 Å². The topological polar surface area (TPSA) is 39.6 Å². The lowest BCUT2D eigenvalue weighted by Gasteiger charge is -2.42. The smallest absolute Gasteiger partial charge is 0.0722 e. The largest absolute Gasteiger partial charge is 0.396 e. The number of hydrogen-bond acceptors (Lipinski definition) is 4. The minimum atomic E-state index is 0.241. The number of piperazine rings is 1. The Morgan fingerprint density at radius 1 is 0.964 bits per heavy atom. The van der Waals surface area contributed by atoms with Crippen molar-refractivity contribution in [2.45, 2.75) is 25.3 Å². The number of rotatable bonds is 7. The van der Waals surface area contributed by atoms with E-state index in [1.165, 1.54) is 16.6 Å². The molecule has 1 atom stereocenters. The van der Waals surface area contributed by atoms with Gasteiger partial charge < -0.3 is 10.0 Å². The van der Waals surface area contributed by atoms with Crippen LogP contribution < -0.4 is 4.90 Å². The maximum Gasteiger partial charge on any atom is 0.0722 e. The summed E-state index contributed by atoms with van der Waals surface area (Å²) in [7, 11) is 0. The second kappa shape index (κ2) is 9.18. The number of aryl methyl sites for hydroxylation is 1. The molecule has 4 heteroatoms. The van der Waals surface area contributed by atoms with Crippen molar-refractivity contribution in [2.75, 3.05) is 37.7 Å². The number of anilines is 1. The zero-order valence-corrected chi connectivity index (χ0v) is 16.4. The highest BCUT2D eigenvalue weighted by molar-refractivity contribution is 5.91. The molecule has 0 bridgehead atoms. The van der Waals surface area contributed by atoms with Crippen LogP contribution in [0.15, 0.2) is 66.9 Å². The lowest BCUT2D eigenvalue weighted by atomic mass is 10.0. The van der Waals surface area contributed by atoms with E-state index in [2.05, 4.69) is 69.4 Å². The Morgan fingerprint density at radius 2 is 1.79 bits per heavy atom. The third-order valence-electron chi connectivity index (χ3n) is 5.79. The average molecular weight is 376 g/mol. The minimum absolute atomic E-state index is 0.241. The summed E-state index contributed by atoms with van der Waals surface area (Å²) in [5.74, 6) is 0. The molecule has 1 aliphatic heterocycles. The Labute approximate surface area is 167 Å². The molecule has 0 spiro atoms. The van der Waals surface area contributed by atoms with Gasteiger partial charge >= 0.3 is 0 Å². The van der Waals surface area contributed by atoms with Gasteiger partial charge in [-0.05, 0) is 43.5 Å². The van der Waals surface area contributed by atoms with Crippen LogP contribution in [-0.2, 0) is 6.42 Å². The van der Waals surface area contributed by atoms with Gasteiger partial charge in [0.15, 0.2) is 0 Å². The first-order chi connectivity index (χ1) is 13.8. The summed E-state index contributed by atoms with van der Waals surface area (Å²) >= 11 is 0. The van der Waals surface area contributed by atoms with Crippen molar-refractivity contribution in [1.82, 2.24) is 9.88 Å². The third-order valence-corrected chi connectivity index (χ3v) is 5.79. The lowest BCUT2D eigenvalue weighted by Crippen LogP contribution is -2.53. The van der Waals surface area contributed by atoms with Gasteiger partial charge in [-0.15, -0.1) is 0 Å². The molecule has 1 N–H and O–H groups in total. The van der Waals surface area contributed by atoms with Crippen molar-refractivity contribution in [3.8, 4) is 0 Å². The van der Waals surface area contributed by atoms with Crippen LogP contribution >= 0.6 is 0 Å². The summed E-state index contributed by atoms with van der Waals surface area (Å²) in [5.41, 5.74) is 3.71.